The zero-order valence-electron chi connectivity index (χ0n) is 16.8. The van der Waals surface area contributed by atoms with Gasteiger partial charge in [-0.2, -0.15) is 0 Å². The van der Waals surface area contributed by atoms with Gasteiger partial charge in [0.2, 0.25) is 0 Å². The number of aliphatic hydroxyl groups is 2. The van der Waals surface area contributed by atoms with E-state index in [1.807, 2.05) is 18.2 Å². The summed E-state index contributed by atoms with van der Waals surface area (Å²) >= 11 is 0. The molecule has 1 unspecified atom stereocenters. The van der Waals surface area contributed by atoms with Crippen molar-refractivity contribution in [3.05, 3.63) is 30.3 Å². The molecule has 3 N–H and O–H groups in total. The number of carboxylic acid groups (broad SMARTS) is 1. The number of aliphatic carboxylic acids is 1. The Hall–Kier alpha value is -2.36. The summed E-state index contributed by atoms with van der Waals surface area (Å²) < 4.78 is 5.56. The molecule has 1 fully saturated rings. The van der Waals surface area contributed by atoms with Crippen LogP contribution in [-0.2, 0) is 9.59 Å². The number of unbranched alkanes of at least 4 members (excludes halogenated alkanes) is 3. The highest BCUT2D eigenvalue weighted by atomic mass is 16.5. The zero-order chi connectivity index (χ0) is 21.3. The molecule has 158 valence electrons. The van der Waals surface area contributed by atoms with Crippen molar-refractivity contribution in [1.82, 2.24) is 0 Å². The van der Waals surface area contributed by atoms with Crippen molar-refractivity contribution in [2.75, 3.05) is 6.61 Å². The van der Waals surface area contributed by atoms with Crippen molar-refractivity contribution in [3.8, 4) is 17.6 Å². The fraction of sp³-hybridized carbons (Fsp3) is 0.565. The first-order valence-corrected chi connectivity index (χ1v) is 10.1. The molecule has 6 heteroatoms. The van der Waals surface area contributed by atoms with E-state index in [1.165, 1.54) is 0 Å². The van der Waals surface area contributed by atoms with Gasteiger partial charge in [0.15, 0.2) is 5.60 Å². The molecule has 1 aliphatic rings. The summed E-state index contributed by atoms with van der Waals surface area (Å²) in [6.45, 7) is 1.53. The average molecular weight is 402 g/mol. The summed E-state index contributed by atoms with van der Waals surface area (Å²) in [6, 6.07) is 9.12. The standard InChI is InChI=1S/C23H30O6/c1-23(28,16-29-17-9-5-4-6-10-17)14-13-19-18(20(24)15-21(19)25)11-7-2-3-8-12-22(26)27/h4-6,9-10,18-19,21,25,28H,2-3,7-8,11-12,15-16H2,1H3,(H,26,27)/t18-,19-,21+,23?/m1/s1. The van der Waals surface area contributed by atoms with Crippen molar-refractivity contribution in [3.63, 3.8) is 0 Å². The Bertz CT molecular complexity index is 731. The van der Waals surface area contributed by atoms with Gasteiger partial charge in [-0.25, -0.2) is 0 Å². The third-order valence-electron chi connectivity index (χ3n) is 5.10. The normalized spacial score (nSPS) is 23.1. The Labute approximate surface area is 171 Å². The topological polar surface area (TPSA) is 104 Å². The molecule has 6 nitrogen and oxygen atoms in total. The van der Waals surface area contributed by atoms with Gasteiger partial charge in [0.25, 0.3) is 0 Å². The second-order valence-electron chi connectivity index (χ2n) is 7.86. The number of benzene rings is 1. The highest BCUT2D eigenvalue weighted by Crippen LogP contribution is 2.33. The SMILES string of the molecule is CC(O)(C#C[C@H]1[C@@H](O)CC(=O)[C@@H]1CCCCCCC(=O)O)COc1ccccc1. The Morgan fingerprint density at radius 3 is 2.59 bits per heavy atom. The number of ether oxygens (including phenoxy) is 1. The van der Waals surface area contributed by atoms with E-state index in [-0.39, 0.29) is 31.1 Å². The molecule has 0 spiro atoms. The lowest BCUT2D eigenvalue weighted by Crippen LogP contribution is -2.31. The first-order valence-electron chi connectivity index (χ1n) is 10.1. The maximum absolute atomic E-state index is 12.2. The summed E-state index contributed by atoms with van der Waals surface area (Å²) in [5.74, 6) is 4.70. The molecule has 4 atom stereocenters. The van der Waals surface area contributed by atoms with Crippen LogP contribution >= 0.6 is 0 Å². The molecule has 1 aromatic rings. The Balaban J connectivity index is 1.87. The molecule has 1 saturated carbocycles. The Morgan fingerprint density at radius 1 is 1.21 bits per heavy atom. The molecule has 0 radical (unpaired) electrons. The minimum atomic E-state index is -1.40. The molecular weight excluding hydrogens is 372 g/mol. The van der Waals surface area contributed by atoms with Crippen molar-refractivity contribution in [2.45, 2.75) is 63.6 Å². The van der Waals surface area contributed by atoms with Gasteiger partial charge < -0.3 is 20.1 Å². The largest absolute Gasteiger partial charge is 0.490 e. The van der Waals surface area contributed by atoms with Gasteiger partial charge in [0.05, 0.1) is 12.0 Å². The lowest BCUT2D eigenvalue weighted by Gasteiger charge is -2.19. The number of Topliss-reactive ketones (excluding diaryl/α,β-unsaturated/α-hetero) is 1. The Kier molecular flexibility index (Phi) is 8.69. The van der Waals surface area contributed by atoms with Gasteiger partial charge in [-0.3, -0.25) is 9.59 Å². The average Bonchev–Trinajstić information content (AvgIpc) is 2.94. The van der Waals surface area contributed by atoms with E-state index < -0.39 is 23.6 Å². The maximum atomic E-state index is 12.2. The van der Waals surface area contributed by atoms with E-state index in [0.29, 0.717) is 18.6 Å². The molecule has 0 bridgehead atoms. The number of carbonyl (C=O) groups is 2. The summed E-state index contributed by atoms with van der Waals surface area (Å²) in [7, 11) is 0. The van der Waals surface area contributed by atoms with Gasteiger partial charge in [-0.1, -0.05) is 49.3 Å². The molecule has 0 heterocycles. The van der Waals surface area contributed by atoms with Crippen LogP contribution in [0.1, 0.15) is 51.9 Å². The van der Waals surface area contributed by atoms with Gasteiger partial charge in [0.1, 0.15) is 18.1 Å². The van der Waals surface area contributed by atoms with Crippen LogP contribution < -0.4 is 4.74 Å². The van der Waals surface area contributed by atoms with Crippen LogP contribution in [0.15, 0.2) is 30.3 Å². The van der Waals surface area contributed by atoms with Crippen LogP contribution in [0.5, 0.6) is 5.75 Å². The van der Waals surface area contributed by atoms with E-state index in [1.54, 1.807) is 19.1 Å². The Morgan fingerprint density at radius 2 is 1.90 bits per heavy atom. The number of ketones is 1. The van der Waals surface area contributed by atoms with Gasteiger partial charge >= 0.3 is 5.97 Å². The fourth-order valence-electron chi connectivity index (χ4n) is 3.50. The number of rotatable bonds is 10. The van der Waals surface area contributed by atoms with Crippen molar-refractivity contribution in [1.29, 1.82) is 0 Å². The van der Waals surface area contributed by atoms with Crippen molar-refractivity contribution < 1.29 is 29.6 Å². The molecule has 1 aromatic carbocycles. The summed E-state index contributed by atoms with van der Waals surface area (Å²) in [5.41, 5.74) is -1.40. The maximum Gasteiger partial charge on any atom is 0.303 e. The second kappa shape index (κ2) is 11.0. The van der Waals surface area contributed by atoms with Crippen LogP contribution in [-0.4, -0.2) is 45.4 Å². The second-order valence-corrected chi connectivity index (χ2v) is 7.86. The van der Waals surface area contributed by atoms with Crippen LogP contribution in [0.3, 0.4) is 0 Å². The number of para-hydroxylation sites is 1. The predicted octanol–water partition coefficient (Wildman–Crippen LogP) is 2.81. The number of aliphatic hydroxyl groups excluding tert-OH is 1. The van der Waals surface area contributed by atoms with E-state index in [0.717, 1.165) is 19.3 Å². The molecule has 0 aromatic heterocycles. The first kappa shape index (κ1) is 22.9. The molecule has 1 aliphatic carbocycles. The first-order chi connectivity index (χ1) is 13.8. The third-order valence-corrected chi connectivity index (χ3v) is 5.10. The van der Waals surface area contributed by atoms with Crippen LogP contribution in [0.4, 0.5) is 0 Å². The van der Waals surface area contributed by atoms with E-state index in [2.05, 4.69) is 11.8 Å². The number of hydrogen-bond acceptors (Lipinski definition) is 5. The highest BCUT2D eigenvalue weighted by Gasteiger charge is 2.40. The van der Waals surface area contributed by atoms with E-state index in [4.69, 9.17) is 9.84 Å². The minimum absolute atomic E-state index is 0.00233. The fourth-order valence-corrected chi connectivity index (χ4v) is 3.50. The predicted molar refractivity (Wildman–Crippen MR) is 108 cm³/mol. The highest BCUT2D eigenvalue weighted by molar-refractivity contribution is 5.85. The summed E-state index contributed by atoms with van der Waals surface area (Å²) in [4.78, 5) is 22.8. The van der Waals surface area contributed by atoms with Gasteiger partial charge in [0, 0.05) is 18.8 Å². The molecule has 0 aliphatic heterocycles. The number of carboxylic acids is 1. The van der Waals surface area contributed by atoms with E-state index in [9.17, 15) is 19.8 Å². The van der Waals surface area contributed by atoms with Crippen molar-refractivity contribution >= 4 is 11.8 Å². The zero-order valence-corrected chi connectivity index (χ0v) is 16.8. The third kappa shape index (κ3) is 7.88. The van der Waals surface area contributed by atoms with Crippen LogP contribution in [0.2, 0.25) is 0 Å². The van der Waals surface area contributed by atoms with Gasteiger partial charge in [-0.15, -0.1) is 0 Å². The van der Waals surface area contributed by atoms with Crippen molar-refractivity contribution in [2.24, 2.45) is 11.8 Å². The molecule has 2 rings (SSSR count). The summed E-state index contributed by atoms with van der Waals surface area (Å²) in [5, 5.41) is 29.4. The smallest absolute Gasteiger partial charge is 0.303 e. The molecular formula is C23H30O6. The number of hydrogen-bond donors (Lipinski definition) is 3. The lowest BCUT2D eigenvalue weighted by atomic mass is 9.89. The van der Waals surface area contributed by atoms with Crippen LogP contribution in [0.25, 0.3) is 0 Å². The molecule has 0 saturated heterocycles. The molecule has 29 heavy (non-hydrogen) atoms. The number of carbonyl (C=O) groups excluding carboxylic acids is 1. The van der Waals surface area contributed by atoms with Crippen LogP contribution in [0, 0.1) is 23.7 Å². The quantitative estimate of drug-likeness (QED) is 0.411. The minimum Gasteiger partial charge on any atom is -0.490 e. The lowest BCUT2D eigenvalue weighted by molar-refractivity contribution is -0.137. The monoisotopic (exact) mass is 402 g/mol. The van der Waals surface area contributed by atoms with Gasteiger partial charge in [-0.05, 0) is 31.9 Å². The van der Waals surface area contributed by atoms with E-state index >= 15 is 0 Å². The summed E-state index contributed by atoms with van der Waals surface area (Å²) in [6.07, 6.45) is 3.11. The molecule has 0 amide bonds.